The smallest absolute Gasteiger partial charge is 0.320 e. The van der Waals surface area contributed by atoms with Crippen molar-refractivity contribution in [3.8, 4) is 0 Å². The number of hydrogen-bond acceptors (Lipinski definition) is 7. The van der Waals surface area contributed by atoms with Gasteiger partial charge in [-0.1, -0.05) is 56.7 Å². The molecule has 0 spiro atoms. The van der Waals surface area contributed by atoms with Crippen LogP contribution in [-0.4, -0.2) is 44.5 Å². The molecule has 2 aromatic rings. The van der Waals surface area contributed by atoms with Gasteiger partial charge in [-0.3, -0.25) is 10.3 Å². The number of hydrogen-bond donors (Lipinski definition) is 3. The molecule has 2 atom stereocenters. The van der Waals surface area contributed by atoms with Crippen LogP contribution in [0.1, 0.15) is 76.5 Å². The zero-order chi connectivity index (χ0) is 29.4. The summed E-state index contributed by atoms with van der Waals surface area (Å²) in [6.45, 7) is 11.6. The number of nitrogens with zero attached hydrogens (tertiary/aromatic N) is 1. The van der Waals surface area contributed by atoms with Gasteiger partial charge in [0.2, 0.25) is 0 Å². The number of urea groups is 1. The van der Waals surface area contributed by atoms with E-state index in [0.717, 1.165) is 22.4 Å². The molecule has 1 saturated heterocycles. The van der Waals surface area contributed by atoms with Crippen molar-refractivity contribution in [3.05, 3.63) is 76.6 Å². The van der Waals surface area contributed by atoms with Gasteiger partial charge >= 0.3 is 6.03 Å². The fourth-order valence-electron chi connectivity index (χ4n) is 5.24. The van der Waals surface area contributed by atoms with E-state index in [-0.39, 0.29) is 12.1 Å². The topological polar surface area (TPSA) is 93.3 Å². The number of amides is 2. The Balaban J connectivity index is 0.00000189. The molecule has 3 aliphatic rings. The Morgan fingerprint density at radius 3 is 2.54 bits per heavy atom. The fourth-order valence-corrected chi connectivity index (χ4v) is 5.24. The second-order valence-corrected chi connectivity index (χ2v) is 10.9. The third kappa shape index (κ3) is 7.87. The van der Waals surface area contributed by atoms with Crippen molar-refractivity contribution in [3.63, 3.8) is 0 Å². The summed E-state index contributed by atoms with van der Waals surface area (Å²) in [5.74, 6) is 0.599. The van der Waals surface area contributed by atoms with Crippen LogP contribution in [0.15, 0.2) is 59.9 Å². The van der Waals surface area contributed by atoms with E-state index in [4.69, 9.17) is 18.9 Å². The average Bonchev–Trinajstić information content (AvgIpc) is 3.46. The van der Waals surface area contributed by atoms with E-state index in [1.165, 1.54) is 24.8 Å². The largest absolute Gasteiger partial charge is 0.380 e. The molecule has 2 unspecified atom stereocenters. The molecular weight excluding hydrogens is 520 g/mol. The lowest BCUT2D eigenvalue weighted by molar-refractivity contribution is -0.147. The van der Waals surface area contributed by atoms with Gasteiger partial charge in [0.15, 0.2) is 12.0 Å². The Hall–Kier alpha value is -2.95. The molecule has 1 saturated carbocycles. The van der Waals surface area contributed by atoms with Crippen LogP contribution < -0.4 is 21.1 Å². The van der Waals surface area contributed by atoms with Gasteiger partial charge < -0.3 is 24.3 Å². The normalized spacial score (nSPS) is 21.8. The molecule has 2 aliphatic heterocycles. The maximum atomic E-state index is 13.2. The predicted octanol–water partition coefficient (Wildman–Crippen LogP) is 5.68. The molecule has 9 heteroatoms. The molecule has 0 bridgehead atoms. The van der Waals surface area contributed by atoms with Crippen molar-refractivity contribution in [2.45, 2.75) is 91.1 Å². The van der Waals surface area contributed by atoms with Crippen LogP contribution in [-0.2, 0) is 32.1 Å². The Kier molecular flexibility index (Phi) is 10.8. The maximum Gasteiger partial charge on any atom is 0.320 e. The number of para-hydroxylation sites is 1. The van der Waals surface area contributed by atoms with Crippen LogP contribution in [0.2, 0.25) is 0 Å². The van der Waals surface area contributed by atoms with Crippen LogP contribution in [0, 0.1) is 0 Å². The predicted molar refractivity (Wildman–Crippen MR) is 160 cm³/mol. The fraction of sp³-hybridized carbons (Fsp3) is 0.531. The molecule has 1 aliphatic carbocycles. The maximum absolute atomic E-state index is 13.2. The van der Waals surface area contributed by atoms with Crippen molar-refractivity contribution >= 4 is 11.7 Å². The van der Waals surface area contributed by atoms with E-state index in [0.29, 0.717) is 38.1 Å². The van der Waals surface area contributed by atoms with E-state index in [9.17, 15) is 4.79 Å². The molecule has 9 nitrogen and oxygen atoms in total. The third-order valence-electron chi connectivity index (χ3n) is 7.50. The summed E-state index contributed by atoms with van der Waals surface area (Å²) in [6.07, 6.45) is 3.07. The summed E-state index contributed by atoms with van der Waals surface area (Å²) < 4.78 is 23.1. The Labute approximate surface area is 244 Å². The first kappa shape index (κ1) is 31.0. The van der Waals surface area contributed by atoms with Gasteiger partial charge in [-0.15, -0.1) is 0 Å². The van der Waals surface area contributed by atoms with E-state index >= 15 is 0 Å². The first-order valence-corrected chi connectivity index (χ1v) is 14.7. The monoisotopic (exact) mass is 566 g/mol. The number of rotatable bonds is 10. The van der Waals surface area contributed by atoms with Crippen LogP contribution in [0.5, 0.6) is 0 Å². The van der Waals surface area contributed by atoms with E-state index in [1.807, 2.05) is 70.0 Å². The minimum Gasteiger partial charge on any atom is -0.380 e. The Morgan fingerprint density at radius 1 is 1.15 bits per heavy atom. The van der Waals surface area contributed by atoms with Crippen molar-refractivity contribution in [2.24, 2.45) is 0 Å². The average molecular weight is 567 g/mol. The zero-order valence-electron chi connectivity index (χ0n) is 25.3. The molecule has 5 rings (SSSR count). The molecule has 224 valence electrons. The van der Waals surface area contributed by atoms with Crippen molar-refractivity contribution in [2.75, 3.05) is 25.3 Å². The number of anilines is 1. The number of hydrazine groups is 1. The van der Waals surface area contributed by atoms with Crippen LogP contribution in [0.25, 0.3) is 0 Å². The lowest BCUT2D eigenvalue weighted by Gasteiger charge is -2.28. The van der Waals surface area contributed by atoms with Gasteiger partial charge in [-0.2, -0.15) is 5.43 Å². The van der Waals surface area contributed by atoms with E-state index in [2.05, 4.69) is 34.3 Å². The zero-order valence-corrected chi connectivity index (χ0v) is 25.3. The number of benzene rings is 2. The summed E-state index contributed by atoms with van der Waals surface area (Å²) in [5, 5.41) is 8.00. The quantitative estimate of drug-likeness (QED) is 0.341. The summed E-state index contributed by atoms with van der Waals surface area (Å²) in [6, 6.07) is 16.0. The highest BCUT2D eigenvalue weighted by molar-refractivity contribution is 5.77. The number of nitrogens with one attached hydrogen (secondary N) is 3. The van der Waals surface area contributed by atoms with Gasteiger partial charge in [0, 0.05) is 19.2 Å². The van der Waals surface area contributed by atoms with Gasteiger partial charge in [0.1, 0.15) is 11.9 Å². The first-order chi connectivity index (χ1) is 19.8. The Bertz CT molecular complexity index is 1180. The standard InChI is InChI=1S/C30H40N4O5.C2H6/c1-20-27(32-29(35)31-16-23-15-21(17-36-4)13-14-26(23)22-9-8-10-22)34(24-11-6-5-7-12-24)33-28(20)37-18-25-19-38-30(2,3)39-25;1-2/h5-7,11-15,22,25,28,33H,8-10,16-19H2,1-4H3,(H2,31,32,35);1-2H3. The number of methoxy groups -OCH3 is 1. The molecule has 2 heterocycles. The molecule has 2 amide bonds. The lowest BCUT2D eigenvalue weighted by Crippen LogP contribution is -2.45. The van der Waals surface area contributed by atoms with Crippen molar-refractivity contribution in [1.29, 1.82) is 0 Å². The van der Waals surface area contributed by atoms with E-state index in [1.54, 1.807) is 7.11 Å². The second-order valence-electron chi connectivity index (χ2n) is 10.9. The van der Waals surface area contributed by atoms with Crippen LogP contribution in [0.3, 0.4) is 0 Å². The summed E-state index contributed by atoms with van der Waals surface area (Å²) in [5.41, 5.74) is 8.69. The van der Waals surface area contributed by atoms with Crippen LogP contribution >= 0.6 is 0 Å². The van der Waals surface area contributed by atoms with E-state index < -0.39 is 12.0 Å². The minimum atomic E-state index is -0.607. The van der Waals surface area contributed by atoms with Crippen molar-refractivity contribution in [1.82, 2.24) is 16.1 Å². The number of carbonyl (C=O) groups is 1. The minimum absolute atomic E-state index is 0.154. The lowest BCUT2D eigenvalue weighted by atomic mass is 9.78. The SMILES string of the molecule is CC.COCc1ccc(C2CCC2)c(CNC(=O)NC2=C(C)C(OCC3COC(C)(C)O3)NN2c2ccccc2)c1. The van der Waals surface area contributed by atoms with Gasteiger partial charge in [0.05, 0.1) is 25.5 Å². The van der Waals surface area contributed by atoms with Crippen LogP contribution in [0.4, 0.5) is 10.5 Å². The van der Waals surface area contributed by atoms with Gasteiger partial charge in [0.25, 0.3) is 0 Å². The van der Waals surface area contributed by atoms with Gasteiger partial charge in [-0.25, -0.2) is 4.79 Å². The highest BCUT2D eigenvalue weighted by Gasteiger charge is 2.36. The first-order valence-electron chi connectivity index (χ1n) is 14.7. The van der Waals surface area contributed by atoms with Gasteiger partial charge in [-0.05, 0) is 68.4 Å². The molecule has 3 N–H and O–H groups in total. The Morgan fingerprint density at radius 2 is 1.90 bits per heavy atom. The summed E-state index contributed by atoms with van der Waals surface area (Å²) >= 11 is 0. The second kappa shape index (κ2) is 14.3. The molecule has 2 fully saturated rings. The summed E-state index contributed by atoms with van der Waals surface area (Å²) in [7, 11) is 1.70. The number of carbonyl (C=O) groups excluding carboxylic acids is 1. The summed E-state index contributed by atoms with van der Waals surface area (Å²) in [4.78, 5) is 13.2. The highest BCUT2D eigenvalue weighted by Crippen LogP contribution is 2.38. The highest BCUT2D eigenvalue weighted by atomic mass is 16.7. The number of ether oxygens (including phenoxy) is 4. The molecule has 2 aromatic carbocycles. The van der Waals surface area contributed by atoms with Crippen molar-refractivity contribution < 1.29 is 23.7 Å². The molecule has 0 aromatic heterocycles. The molecule has 0 radical (unpaired) electrons. The third-order valence-corrected chi connectivity index (χ3v) is 7.50. The molecule has 41 heavy (non-hydrogen) atoms. The molecular formula is C32H46N4O5.